The van der Waals surface area contributed by atoms with Crippen LogP contribution in [0.25, 0.3) is 0 Å². The molecule has 0 atom stereocenters. The van der Waals surface area contributed by atoms with E-state index in [0.717, 1.165) is 5.56 Å². The Bertz CT molecular complexity index is 752. The van der Waals surface area contributed by atoms with E-state index in [2.05, 4.69) is 10.1 Å². The summed E-state index contributed by atoms with van der Waals surface area (Å²) in [7, 11) is 1.34. The molecule has 126 valence electrons. The third kappa shape index (κ3) is 5.16. The first kappa shape index (κ1) is 18.6. The minimum atomic E-state index is -0.379. The van der Waals surface area contributed by atoms with Crippen LogP contribution in [-0.4, -0.2) is 24.7 Å². The van der Waals surface area contributed by atoms with Crippen LogP contribution in [-0.2, 0) is 15.3 Å². The summed E-state index contributed by atoms with van der Waals surface area (Å²) in [6, 6.07) is 12.2. The van der Waals surface area contributed by atoms with Crippen molar-refractivity contribution >= 4 is 52.5 Å². The number of esters is 1. The number of methoxy groups -OCH3 is 1. The molecule has 0 saturated heterocycles. The standard InChI is InChI=1S/C17H15Cl2NO3S/c1-23-17(22)12-5-2-4-11(8-12)9-24-10-15(21)20-14-7-3-6-13(18)16(14)19/h2-8H,9-10H2,1H3,(H,20,21). The summed E-state index contributed by atoms with van der Waals surface area (Å²) in [5.41, 5.74) is 1.92. The molecule has 0 unspecified atom stereocenters. The number of halogens is 2. The lowest BCUT2D eigenvalue weighted by Crippen LogP contribution is -2.14. The minimum Gasteiger partial charge on any atom is -0.465 e. The van der Waals surface area contributed by atoms with Gasteiger partial charge in [0.15, 0.2) is 0 Å². The number of carbonyl (C=O) groups is 2. The molecule has 1 amide bonds. The fraction of sp³-hybridized carbons (Fsp3) is 0.176. The Labute approximate surface area is 154 Å². The summed E-state index contributed by atoms with van der Waals surface area (Å²) in [4.78, 5) is 23.5. The Balaban J connectivity index is 1.87. The fourth-order valence-corrected chi connectivity index (χ4v) is 3.08. The van der Waals surface area contributed by atoms with Crippen LogP contribution in [0.2, 0.25) is 10.0 Å². The second-order valence-corrected chi connectivity index (χ2v) is 6.61. The smallest absolute Gasteiger partial charge is 0.337 e. The topological polar surface area (TPSA) is 55.4 Å². The van der Waals surface area contributed by atoms with E-state index >= 15 is 0 Å². The van der Waals surface area contributed by atoms with Gasteiger partial charge in [0.05, 0.1) is 34.2 Å². The molecular formula is C17H15Cl2NO3S. The molecule has 0 aliphatic rings. The molecule has 2 rings (SSSR count). The number of rotatable bonds is 6. The highest BCUT2D eigenvalue weighted by Crippen LogP contribution is 2.29. The van der Waals surface area contributed by atoms with E-state index in [0.29, 0.717) is 27.0 Å². The van der Waals surface area contributed by atoms with Crippen LogP contribution in [0.5, 0.6) is 0 Å². The van der Waals surface area contributed by atoms with Crippen LogP contribution in [0.4, 0.5) is 5.69 Å². The number of anilines is 1. The molecule has 0 heterocycles. The molecule has 0 bridgehead atoms. The number of carbonyl (C=O) groups excluding carboxylic acids is 2. The molecule has 0 radical (unpaired) electrons. The quantitative estimate of drug-likeness (QED) is 0.737. The van der Waals surface area contributed by atoms with E-state index in [9.17, 15) is 9.59 Å². The van der Waals surface area contributed by atoms with Crippen molar-refractivity contribution < 1.29 is 14.3 Å². The van der Waals surface area contributed by atoms with Gasteiger partial charge in [0.2, 0.25) is 5.91 Å². The third-order valence-electron chi connectivity index (χ3n) is 3.08. The minimum absolute atomic E-state index is 0.173. The van der Waals surface area contributed by atoms with Gasteiger partial charge in [0.25, 0.3) is 0 Å². The lowest BCUT2D eigenvalue weighted by molar-refractivity contribution is -0.113. The Morgan fingerprint density at radius 1 is 1.17 bits per heavy atom. The van der Waals surface area contributed by atoms with Crippen molar-refractivity contribution in [1.29, 1.82) is 0 Å². The van der Waals surface area contributed by atoms with E-state index in [1.54, 1.807) is 36.4 Å². The van der Waals surface area contributed by atoms with Crippen LogP contribution in [0.15, 0.2) is 42.5 Å². The van der Waals surface area contributed by atoms with Gasteiger partial charge >= 0.3 is 5.97 Å². The first-order chi connectivity index (χ1) is 11.5. The van der Waals surface area contributed by atoms with Crippen LogP contribution in [0.1, 0.15) is 15.9 Å². The maximum absolute atomic E-state index is 12.0. The largest absolute Gasteiger partial charge is 0.465 e. The zero-order valence-electron chi connectivity index (χ0n) is 12.8. The lowest BCUT2D eigenvalue weighted by atomic mass is 10.1. The number of hydrogen-bond donors (Lipinski definition) is 1. The van der Waals surface area contributed by atoms with E-state index in [1.807, 2.05) is 6.07 Å². The highest BCUT2D eigenvalue weighted by atomic mass is 35.5. The molecule has 4 nitrogen and oxygen atoms in total. The van der Waals surface area contributed by atoms with Crippen LogP contribution >= 0.6 is 35.0 Å². The molecular weight excluding hydrogens is 369 g/mol. The van der Waals surface area contributed by atoms with Gasteiger partial charge in [-0.05, 0) is 29.8 Å². The number of hydrogen-bond acceptors (Lipinski definition) is 4. The first-order valence-corrected chi connectivity index (χ1v) is 8.91. The van der Waals surface area contributed by atoms with Gasteiger partial charge in [-0.3, -0.25) is 4.79 Å². The molecule has 0 aliphatic heterocycles. The van der Waals surface area contributed by atoms with Crippen molar-refractivity contribution in [1.82, 2.24) is 0 Å². The van der Waals surface area contributed by atoms with E-state index in [-0.39, 0.29) is 17.6 Å². The molecule has 7 heteroatoms. The second kappa shape index (κ2) is 8.97. The summed E-state index contributed by atoms with van der Waals surface area (Å²) >= 11 is 13.4. The normalized spacial score (nSPS) is 10.3. The van der Waals surface area contributed by atoms with E-state index in [1.165, 1.54) is 18.9 Å². The number of nitrogens with one attached hydrogen (secondary N) is 1. The predicted molar refractivity (Wildman–Crippen MR) is 99.0 cm³/mol. The average Bonchev–Trinajstić information content (AvgIpc) is 2.58. The maximum atomic E-state index is 12.0. The zero-order valence-corrected chi connectivity index (χ0v) is 15.2. The van der Waals surface area contributed by atoms with Gasteiger partial charge < -0.3 is 10.1 Å². The van der Waals surface area contributed by atoms with Crippen molar-refractivity contribution in [3.63, 3.8) is 0 Å². The number of thioether (sulfide) groups is 1. The Morgan fingerprint density at radius 3 is 2.67 bits per heavy atom. The first-order valence-electron chi connectivity index (χ1n) is 7.00. The molecule has 24 heavy (non-hydrogen) atoms. The van der Waals surface area contributed by atoms with E-state index < -0.39 is 0 Å². The fourth-order valence-electron chi connectivity index (χ4n) is 1.95. The highest BCUT2D eigenvalue weighted by molar-refractivity contribution is 7.99. The number of ether oxygens (including phenoxy) is 1. The molecule has 2 aromatic rings. The highest BCUT2D eigenvalue weighted by Gasteiger charge is 2.09. The van der Waals surface area contributed by atoms with Crippen LogP contribution in [0.3, 0.4) is 0 Å². The Hall–Kier alpha value is -1.69. The molecule has 2 aromatic carbocycles. The SMILES string of the molecule is COC(=O)c1cccc(CSCC(=O)Nc2cccc(Cl)c2Cl)c1. The summed E-state index contributed by atoms with van der Waals surface area (Å²) < 4.78 is 4.69. The maximum Gasteiger partial charge on any atom is 0.337 e. The van der Waals surface area contributed by atoms with Gasteiger partial charge in [0, 0.05) is 5.75 Å². The molecule has 0 fully saturated rings. The Morgan fingerprint density at radius 2 is 1.92 bits per heavy atom. The Kier molecular flexibility index (Phi) is 6.97. The van der Waals surface area contributed by atoms with Gasteiger partial charge in [-0.15, -0.1) is 11.8 Å². The summed E-state index contributed by atoms with van der Waals surface area (Å²) in [6.45, 7) is 0. The van der Waals surface area contributed by atoms with Gasteiger partial charge in [-0.1, -0.05) is 41.4 Å². The predicted octanol–water partition coefficient (Wildman–Crippen LogP) is 4.65. The monoisotopic (exact) mass is 383 g/mol. The summed E-state index contributed by atoms with van der Waals surface area (Å²) in [6.07, 6.45) is 0. The summed E-state index contributed by atoms with van der Waals surface area (Å²) in [5, 5.41) is 3.44. The van der Waals surface area contributed by atoms with E-state index in [4.69, 9.17) is 23.2 Å². The number of amides is 1. The van der Waals surface area contributed by atoms with Crippen molar-refractivity contribution in [2.45, 2.75) is 5.75 Å². The van der Waals surface area contributed by atoms with Crippen molar-refractivity contribution in [2.75, 3.05) is 18.2 Å². The molecule has 0 aromatic heterocycles. The molecule has 0 aliphatic carbocycles. The van der Waals surface area contributed by atoms with Crippen molar-refractivity contribution in [3.8, 4) is 0 Å². The number of benzene rings is 2. The van der Waals surface area contributed by atoms with Gasteiger partial charge in [-0.25, -0.2) is 4.79 Å². The summed E-state index contributed by atoms with van der Waals surface area (Å²) in [5.74, 6) is 0.302. The lowest BCUT2D eigenvalue weighted by Gasteiger charge is -2.08. The second-order valence-electron chi connectivity index (χ2n) is 4.83. The van der Waals surface area contributed by atoms with Crippen LogP contribution < -0.4 is 5.32 Å². The van der Waals surface area contributed by atoms with Crippen molar-refractivity contribution in [2.24, 2.45) is 0 Å². The molecule has 1 N–H and O–H groups in total. The van der Waals surface area contributed by atoms with Crippen molar-refractivity contribution in [3.05, 3.63) is 63.6 Å². The third-order valence-corrected chi connectivity index (χ3v) is 4.90. The zero-order chi connectivity index (χ0) is 17.5. The van der Waals surface area contributed by atoms with Gasteiger partial charge in [-0.2, -0.15) is 0 Å². The average molecular weight is 384 g/mol. The van der Waals surface area contributed by atoms with Gasteiger partial charge in [0.1, 0.15) is 0 Å². The molecule has 0 saturated carbocycles. The van der Waals surface area contributed by atoms with Crippen LogP contribution in [0, 0.1) is 0 Å². The molecule has 0 spiro atoms.